The fourth-order valence-electron chi connectivity index (χ4n) is 2.92. The summed E-state index contributed by atoms with van der Waals surface area (Å²) in [6.07, 6.45) is 5.64. The van der Waals surface area contributed by atoms with Crippen molar-refractivity contribution in [3.8, 4) is 6.07 Å². The first-order chi connectivity index (χ1) is 10.7. The van der Waals surface area contributed by atoms with Gasteiger partial charge in [0.15, 0.2) is 0 Å². The van der Waals surface area contributed by atoms with E-state index in [0.29, 0.717) is 17.4 Å². The lowest BCUT2D eigenvalue weighted by atomic mass is 9.94. The molecule has 22 heavy (non-hydrogen) atoms. The normalized spacial score (nSPS) is 18.8. The fraction of sp³-hybridized carbons (Fsp3) is 0.375. The smallest absolute Gasteiger partial charge is 0.220 e. The second-order valence-corrected chi connectivity index (χ2v) is 5.56. The number of piperidine rings is 1. The number of rotatable bonds is 3. The van der Waals surface area contributed by atoms with Gasteiger partial charge in [-0.1, -0.05) is 0 Å². The minimum absolute atomic E-state index is 0.331. The van der Waals surface area contributed by atoms with Gasteiger partial charge in [0, 0.05) is 31.4 Å². The molecule has 1 fully saturated rings. The van der Waals surface area contributed by atoms with Crippen molar-refractivity contribution in [1.82, 2.24) is 19.9 Å². The molecule has 1 aliphatic heterocycles. The summed E-state index contributed by atoms with van der Waals surface area (Å²) in [5, 5.41) is 8.97. The summed E-state index contributed by atoms with van der Waals surface area (Å²) in [7, 11) is 0. The van der Waals surface area contributed by atoms with Gasteiger partial charge < -0.3 is 5.73 Å². The molecule has 0 saturated carbocycles. The molecule has 1 aliphatic rings. The average Bonchev–Trinajstić information content (AvgIpc) is 2.55. The summed E-state index contributed by atoms with van der Waals surface area (Å²) in [6.45, 7) is 2.72. The van der Waals surface area contributed by atoms with Crippen molar-refractivity contribution >= 4 is 5.95 Å². The van der Waals surface area contributed by atoms with Crippen molar-refractivity contribution in [1.29, 1.82) is 5.26 Å². The molecular formula is C16H18N6. The van der Waals surface area contributed by atoms with E-state index in [9.17, 15) is 0 Å². The van der Waals surface area contributed by atoms with Crippen molar-refractivity contribution < 1.29 is 0 Å². The van der Waals surface area contributed by atoms with Crippen molar-refractivity contribution in [2.45, 2.75) is 25.3 Å². The van der Waals surface area contributed by atoms with E-state index in [2.05, 4.69) is 25.9 Å². The Balaban J connectivity index is 1.69. The Bertz CT molecular complexity index is 693. The number of likely N-dealkylation sites (tertiary alicyclic amines) is 1. The summed E-state index contributed by atoms with van der Waals surface area (Å²) < 4.78 is 0. The third-order valence-corrected chi connectivity index (χ3v) is 3.95. The number of nitriles is 1. The quantitative estimate of drug-likeness (QED) is 0.926. The van der Waals surface area contributed by atoms with E-state index in [1.54, 1.807) is 18.5 Å². The van der Waals surface area contributed by atoms with Gasteiger partial charge in [-0.25, -0.2) is 9.97 Å². The minimum Gasteiger partial charge on any atom is -0.368 e. The zero-order valence-electron chi connectivity index (χ0n) is 12.3. The van der Waals surface area contributed by atoms with E-state index in [1.165, 1.54) is 0 Å². The molecule has 2 N–H and O–H groups in total. The number of nitrogens with two attached hydrogens (primary N) is 1. The highest BCUT2D eigenvalue weighted by Crippen LogP contribution is 2.26. The van der Waals surface area contributed by atoms with E-state index in [1.807, 2.05) is 12.1 Å². The molecular weight excluding hydrogens is 276 g/mol. The highest BCUT2D eigenvalue weighted by molar-refractivity contribution is 5.28. The molecule has 2 aromatic rings. The third kappa shape index (κ3) is 3.38. The maximum atomic E-state index is 8.97. The SMILES string of the molecule is N#Cc1ccnc(CN2CCCC(c3ccnc(N)n3)C2)c1. The molecule has 1 unspecified atom stereocenters. The molecule has 3 heterocycles. The summed E-state index contributed by atoms with van der Waals surface area (Å²) >= 11 is 0. The van der Waals surface area contributed by atoms with Crippen LogP contribution in [0.15, 0.2) is 30.6 Å². The summed E-state index contributed by atoms with van der Waals surface area (Å²) in [5.74, 6) is 0.705. The second-order valence-electron chi connectivity index (χ2n) is 5.56. The fourth-order valence-corrected chi connectivity index (χ4v) is 2.92. The van der Waals surface area contributed by atoms with Crippen LogP contribution in [0, 0.1) is 11.3 Å². The van der Waals surface area contributed by atoms with Crippen LogP contribution in [0.5, 0.6) is 0 Å². The Morgan fingerprint density at radius 2 is 2.18 bits per heavy atom. The Hall–Kier alpha value is -2.52. The predicted molar refractivity (Wildman–Crippen MR) is 82.6 cm³/mol. The predicted octanol–water partition coefficient (Wildman–Crippen LogP) is 1.71. The standard InChI is InChI=1S/C16H18N6/c17-9-12-3-5-19-14(8-12)11-22-7-1-2-13(10-22)15-4-6-20-16(18)21-15/h3-6,8,13H,1-2,7,10-11H2,(H2,18,20,21). The lowest BCUT2D eigenvalue weighted by Crippen LogP contribution is -2.34. The molecule has 6 nitrogen and oxygen atoms in total. The monoisotopic (exact) mass is 294 g/mol. The topological polar surface area (TPSA) is 91.7 Å². The van der Waals surface area contributed by atoms with Crippen LogP contribution < -0.4 is 5.73 Å². The molecule has 0 amide bonds. The van der Waals surface area contributed by atoms with Crippen LogP contribution >= 0.6 is 0 Å². The molecule has 0 aliphatic carbocycles. The van der Waals surface area contributed by atoms with Gasteiger partial charge in [0.05, 0.1) is 23.0 Å². The molecule has 112 valence electrons. The first kappa shape index (κ1) is 14.4. The molecule has 1 saturated heterocycles. The van der Waals surface area contributed by atoms with E-state index >= 15 is 0 Å². The van der Waals surface area contributed by atoms with Crippen LogP contribution in [0.1, 0.15) is 35.7 Å². The molecule has 0 bridgehead atoms. The van der Waals surface area contributed by atoms with Crippen molar-refractivity contribution in [2.24, 2.45) is 0 Å². The number of pyridine rings is 1. The lowest BCUT2D eigenvalue weighted by molar-refractivity contribution is 0.196. The van der Waals surface area contributed by atoms with Gasteiger partial charge in [0.1, 0.15) is 0 Å². The Morgan fingerprint density at radius 1 is 1.32 bits per heavy atom. The first-order valence-corrected chi connectivity index (χ1v) is 7.40. The molecule has 0 spiro atoms. The molecule has 6 heteroatoms. The zero-order chi connectivity index (χ0) is 15.4. The van der Waals surface area contributed by atoms with Crippen LogP contribution in [0.25, 0.3) is 0 Å². The van der Waals surface area contributed by atoms with Crippen LogP contribution in [0.4, 0.5) is 5.95 Å². The minimum atomic E-state index is 0.331. The number of anilines is 1. The molecule has 0 radical (unpaired) electrons. The highest BCUT2D eigenvalue weighted by Gasteiger charge is 2.23. The summed E-state index contributed by atoms with van der Waals surface area (Å²) in [6, 6.07) is 7.68. The molecule has 3 rings (SSSR count). The van der Waals surface area contributed by atoms with E-state index in [0.717, 1.165) is 43.9 Å². The number of hydrogen-bond acceptors (Lipinski definition) is 6. The van der Waals surface area contributed by atoms with Crippen molar-refractivity contribution in [2.75, 3.05) is 18.8 Å². The average molecular weight is 294 g/mol. The maximum Gasteiger partial charge on any atom is 0.220 e. The van der Waals surface area contributed by atoms with Crippen molar-refractivity contribution in [3.05, 3.63) is 47.5 Å². The molecule has 0 aromatic carbocycles. The maximum absolute atomic E-state index is 8.97. The van der Waals surface area contributed by atoms with Gasteiger partial charge in [-0.3, -0.25) is 9.88 Å². The number of aromatic nitrogens is 3. The third-order valence-electron chi connectivity index (χ3n) is 3.95. The first-order valence-electron chi connectivity index (χ1n) is 7.40. The van der Waals surface area contributed by atoms with Gasteiger partial charge in [-0.15, -0.1) is 0 Å². The van der Waals surface area contributed by atoms with Gasteiger partial charge in [0.25, 0.3) is 0 Å². The van der Waals surface area contributed by atoms with Crippen molar-refractivity contribution in [3.63, 3.8) is 0 Å². The van der Waals surface area contributed by atoms with Gasteiger partial charge in [-0.05, 0) is 37.6 Å². The molecule has 1 atom stereocenters. The van der Waals surface area contributed by atoms with Crippen LogP contribution in [-0.4, -0.2) is 32.9 Å². The summed E-state index contributed by atoms with van der Waals surface area (Å²) in [4.78, 5) is 15.0. The van der Waals surface area contributed by atoms with E-state index < -0.39 is 0 Å². The number of hydrogen-bond donors (Lipinski definition) is 1. The Labute approximate surface area is 129 Å². The Kier molecular flexibility index (Phi) is 4.26. The van der Waals surface area contributed by atoms with Crippen LogP contribution in [0.3, 0.4) is 0 Å². The Morgan fingerprint density at radius 3 is 3.00 bits per heavy atom. The van der Waals surface area contributed by atoms with E-state index in [-0.39, 0.29) is 0 Å². The molecule has 2 aromatic heterocycles. The van der Waals surface area contributed by atoms with Crippen LogP contribution in [0.2, 0.25) is 0 Å². The second kappa shape index (κ2) is 6.50. The highest BCUT2D eigenvalue weighted by atomic mass is 15.1. The van der Waals surface area contributed by atoms with Gasteiger partial charge in [-0.2, -0.15) is 5.26 Å². The number of nitrogen functional groups attached to an aromatic ring is 1. The van der Waals surface area contributed by atoms with E-state index in [4.69, 9.17) is 11.0 Å². The van der Waals surface area contributed by atoms with Gasteiger partial charge in [0.2, 0.25) is 5.95 Å². The lowest BCUT2D eigenvalue weighted by Gasteiger charge is -2.32. The largest absolute Gasteiger partial charge is 0.368 e. The van der Waals surface area contributed by atoms with Crippen LogP contribution in [-0.2, 0) is 6.54 Å². The van der Waals surface area contributed by atoms with Gasteiger partial charge >= 0.3 is 0 Å². The zero-order valence-corrected chi connectivity index (χ0v) is 12.3. The number of nitrogens with zero attached hydrogens (tertiary/aromatic N) is 5. The summed E-state index contributed by atoms with van der Waals surface area (Å²) in [5.41, 5.74) is 8.28.